The molecule has 0 saturated carbocycles. The summed E-state index contributed by atoms with van der Waals surface area (Å²) in [6.45, 7) is 0.530. The predicted octanol–water partition coefficient (Wildman–Crippen LogP) is 2.67. The molecule has 5 atom stereocenters. The van der Waals surface area contributed by atoms with E-state index in [1.54, 1.807) is 30.3 Å². The van der Waals surface area contributed by atoms with E-state index in [1.165, 1.54) is 17.2 Å². The fraction of sp³-hybridized carbons (Fsp3) is 0.292. The van der Waals surface area contributed by atoms with Crippen molar-refractivity contribution in [1.82, 2.24) is 19.5 Å². The molecule has 1 aliphatic rings. The number of anilines is 1. The van der Waals surface area contributed by atoms with Crippen LogP contribution in [0.3, 0.4) is 0 Å². The summed E-state index contributed by atoms with van der Waals surface area (Å²) in [5, 5.41) is 24.7. The number of hydrogen-bond acceptors (Lipinski definition) is 9. The molecule has 1 saturated heterocycles. The Morgan fingerprint density at radius 1 is 1.00 bits per heavy atom. The highest BCUT2D eigenvalue weighted by molar-refractivity contribution is 8.04. The third-order valence-electron chi connectivity index (χ3n) is 6.08. The Hall–Kier alpha value is -2.83. The summed E-state index contributed by atoms with van der Waals surface area (Å²) in [5.41, 5.74) is 2.42. The van der Waals surface area contributed by atoms with Crippen LogP contribution in [-0.4, -0.2) is 63.6 Å². The van der Waals surface area contributed by atoms with E-state index in [0.717, 1.165) is 17.3 Å². The number of thioether (sulfide) groups is 1. The lowest BCUT2D eigenvalue weighted by Gasteiger charge is -2.21. The third kappa shape index (κ3) is 5.55. The van der Waals surface area contributed by atoms with Gasteiger partial charge in [0.15, 0.2) is 23.2 Å². The summed E-state index contributed by atoms with van der Waals surface area (Å²) in [4.78, 5) is 31.6. The van der Waals surface area contributed by atoms with Gasteiger partial charge in [0, 0.05) is 12.3 Å². The second-order valence-electron chi connectivity index (χ2n) is 8.62. The Morgan fingerprint density at radius 3 is 2.41 bits per heavy atom. The molecule has 0 amide bonds. The number of benzene rings is 2. The molecule has 0 radical (unpaired) electrons. The molecule has 0 spiro atoms. The molecule has 3 heterocycles. The SMILES string of the molecule is O=P(O)(O)C(SCC1O[C@@H](n2cnc3c(NCc4ccccc4)ncnc32)[C@H](O)[C@@H]1O)c1ccccc1. The van der Waals surface area contributed by atoms with Crippen molar-refractivity contribution in [2.75, 3.05) is 11.1 Å². The molecule has 5 rings (SSSR count). The van der Waals surface area contributed by atoms with E-state index in [4.69, 9.17) is 4.74 Å². The number of imidazole rings is 1. The quantitative estimate of drug-likeness (QED) is 0.197. The van der Waals surface area contributed by atoms with Crippen molar-refractivity contribution < 1.29 is 29.3 Å². The summed E-state index contributed by atoms with van der Waals surface area (Å²) in [7, 11) is -4.50. The van der Waals surface area contributed by atoms with Gasteiger partial charge in [-0.2, -0.15) is 0 Å². The van der Waals surface area contributed by atoms with Crippen LogP contribution in [0.15, 0.2) is 73.3 Å². The first-order valence-corrected chi connectivity index (χ1v) is 14.2. The Kier molecular flexibility index (Phi) is 7.59. The van der Waals surface area contributed by atoms with E-state index < -0.39 is 37.1 Å². The first kappa shape index (κ1) is 25.8. The molecule has 194 valence electrons. The maximum Gasteiger partial charge on any atom is 0.342 e. The molecular formula is C24H26N5O6PS. The van der Waals surface area contributed by atoms with Gasteiger partial charge in [-0.3, -0.25) is 9.13 Å². The minimum absolute atomic E-state index is 0.0465. The lowest BCUT2D eigenvalue weighted by atomic mass is 10.1. The zero-order valence-corrected chi connectivity index (χ0v) is 21.2. The fourth-order valence-electron chi connectivity index (χ4n) is 4.24. The van der Waals surface area contributed by atoms with Crippen LogP contribution in [-0.2, 0) is 15.8 Å². The minimum Gasteiger partial charge on any atom is -0.387 e. The van der Waals surface area contributed by atoms with Gasteiger partial charge in [-0.05, 0) is 11.1 Å². The summed E-state index contributed by atoms with van der Waals surface area (Å²) in [6, 6.07) is 18.3. The molecule has 2 unspecified atom stereocenters. The van der Waals surface area contributed by atoms with Crippen LogP contribution in [0.1, 0.15) is 22.3 Å². The van der Waals surface area contributed by atoms with Crippen LogP contribution in [0.5, 0.6) is 0 Å². The number of aliphatic hydroxyl groups is 2. The molecule has 1 fully saturated rings. The highest BCUT2D eigenvalue weighted by Crippen LogP contribution is 2.58. The minimum atomic E-state index is -4.50. The lowest BCUT2D eigenvalue weighted by Crippen LogP contribution is -2.32. The number of nitrogens with zero attached hydrogens (tertiary/aromatic N) is 4. The fourth-order valence-corrected chi connectivity index (χ4v) is 6.83. The zero-order chi connectivity index (χ0) is 26.0. The summed E-state index contributed by atoms with van der Waals surface area (Å²) < 4.78 is 19.6. The van der Waals surface area contributed by atoms with Crippen LogP contribution in [0, 0.1) is 0 Å². The third-order valence-corrected chi connectivity index (χ3v) is 9.37. The van der Waals surface area contributed by atoms with Gasteiger partial charge in [0.05, 0.1) is 12.4 Å². The largest absolute Gasteiger partial charge is 0.387 e. The lowest BCUT2D eigenvalue weighted by molar-refractivity contribution is -0.0289. The first-order valence-electron chi connectivity index (χ1n) is 11.5. The Morgan fingerprint density at radius 2 is 1.70 bits per heavy atom. The van der Waals surface area contributed by atoms with Crippen molar-refractivity contribution in [3.8, 4) is 0 Å². The summed E-state index contributed by atoms with van der Waals surface area (Å²) in [5.74, 6) is 0.560. The van der Waals surface area contributed by atoms with E-state index in [-0.39, 0.29) is 5.75 Å². The second-order valence-corrected chi connectivity index (χ2v) is 11.8. The molecule has 5 N–H and O–H groups in total. The van der Waals surface area contributed by atoms with Gasteiger partial charge in [-0.1, -0.05) is 60.7 Å². The Balaban J connectivity index is 1.32. The topological polar surface area (TPSA) is 163 Å². The van der Waals surface area contributed by atoms with Gasteiger partial charge < -0.3 is 30.1 Å². The molecule has 0 bridgehead atoms. The highest BCUT2D eigenvalue weighted by atomic mass is 32.2. The van der Waals surface area contributed by atoms with Gasteiger partial charge in [-0.15, -0.1) is 11.8 Å². The van der Waals surface area contributed by atoms with Gasteiger partial charge >= 0.3 is 7.60 Å². The standard InChI is InChI=1S/C24H26N5O6PS/c30-19-17(12-37-24(36(32,33)34)16-9-5-2-6-10-16)35-23(20(19)31)29-14-28-18-21(26-13-27-22(18)29)25-11-15-7-3-1-4-8-15/h1-10,13-14,17,19-20,23-24,30-31H,11-12H2,(H,25,26,27)(H2,32,33,34)/t17?,19-,20-,23-,24?/m1/s1. The highest BCUT2D eigenvalue weighted by Gasteiger charge is 2.45. The van der Waals surface area contributed by atoms with Gasteiger partial charge in [-0.25, -0.2) is 15.0 Å². The number of aliphatic hydroxyl groups excluding tert-OH is 2. The van der Waals surface area contributed by atoms with Gasteiger partial charge in [0.1, 0.15) is 23.5 Å². The number of ether oxygens (including phenoxy) is 1. The molecule has 2 aromatic heterocycles. The van der Waals surface area contributed by atoms with Gasteiger partial charge in [0.25, 0.3) is 0 Å². The second kappa shape index (κ2) is 10.9. The van der Waals surface area contributed by atoms with Crippen molar-refractivity contribution in [2.24, 2.45) is 0 Å². The molecule has 37 heavy (non-hydrogen) atoms. The van der Waals surface area contributed by atoms with Crippen molar-refractivity contribution in [2.45, 2.75) is 36.1 Å². The number of rotatable bonds is 9. The smallest absolute Gasteiger partial charge is 0.342 e. The number of hydrogen-bond donors (Lipinski definition) is 5. The van der Waals surface area contributed by atoms with E-state index in [2.05, 4.69) is 20.3 Å². The average Bonchev–Trinajstić information content (AvgIpc) is 3.45. The molecule has 2 aromatic carbocycles. The van der Waals surface area contributed by atoms with Crippen molar-refractivity contribution >= 4 is 36.3 Å². The Labute approximate surface area is 216 Å². The maximum atomic E-state index is 12.1. The van der Waals surface area contributed by atoms with E-state index in [1.807, 2.05) is 30.3 Å². The maximum absolute atomic E-state index is 12.1. The van der Waals surface area contributed by atoms with Crippen molar-refractivity contribution in [3.63, 3.8) is 0 Å². The van der Waals surface area contributed by atoms with Crippen LogP contribution < -0.4 is 5.32 Å². The number of fused-ring (bicyclic) bond motifs is 1. The number of aromatic nitrogens is 4. The molecule has 0 aliphatic carbocycles. The number of nitrogens with one attached hydrogen (secondary N) is 1. The monoisotopic (exact) mass is 543 g/mol. The normalized spacial score (nSPS) is 22.8. The summed E-state index contributed by atoms with van der Waals surface area (Å²) >= 11 is 0.975. The summed E-state index contributed by atoms with van der Waals surface area (Å²) in [6.07, 6.45) is -1.61. The van der Waals surface area contributed by atoms with Crippen molar-refractivity contribution in [1.29, 1.82) is 0 Å². The van der Waals surface area contributed by atoms with Crippen LogP contribution in [0.4, 0.5) is 5.82 Å². The first-order chi connectivity index (χ1) is 17.8. The average molecular weight is 544 g/mol. The van der Waals surface area contributed by atoms with Crippen molar-refractivity contribution in [3.05, 3.63) is 84.4 Å². The molecular weight excluding hydrogens is 517 g/mol. The molecule has 13 heteroatoms. The van der Waals surface area contributed by atoms with Crippen LogP contribution >= 0.6 is 19.4 Å². The van der Waals surface area contributed by atoms with Crippen LogP contribution in [0.2, 0.25) is 0 Å². The molecule has 11 nitrogen and oxygen atoms in total. The predicted molar refractivity (Wildman–Crippen MR) is 139 cm³/mol. The molecule has 4 aromatic rings. The van der Waals surface area contributed by atoms with E-state index >= 15 is 0 Å². The van der Waals surface area contributed by atoms with E-state index in [0.29, 0.717) is 29.1 Å². The van der Waals surface area contributed by atoms with Gasteiger partial charge in [0.2, 0.25) is 0 Å². The Bertz CT molecular complexity index is 1390. The zero-order valence-electron chi connectivity index (χ0n) is 19.5. The van der Waals surface area contributed by atoms with Crippen LogP contribution in [0.25, 0.3) is 11.2 Å². The van der Waals surface area contributed by atoms with E-state index in [9.17, 15) is 24.6 Å². The molecule has 1 aliphatic heterocycles.